The number of nitrogens with one attached hydrogen (secondary N) is 2. The maximum atomic E-state index is 13.6. The Morgan fingerprint density at radius 2 is 1.74 bits per heavy atom. The van der Waals surface area contributed by atoms with Gasteiger partial charge >= 0.3 is 12.1 Å². The van der Waals surface area contributed by atoms with Gasteiger partial charge in [-0.1, -0.05) is 0 Å². The molecule has 178 valence electrons. The lowest BCUT2D eigenvalue weighted by Gasteiger charge is -2.48. The van der Waals surface area contributed by atoms with E-state index in [4.69, 9.17) is 14.2 Å². The van der Waals surface area contributed by atoms with Crippen LogP contribution >= 0.6 is 0 Å². The number of hydrogen-bond donors (Lipinski definition) is 2. The van der Waals surface area contributed by atoms with Crippen LogP contribution in [0.5, 0.6) is 17.2 Å². The largest absolute Gasteiger partial charge is 0.492 e. The average Bonchev–Trinajstić information content (AvgIpc) is 3.26. The summed E-state index contributed by atoms with van der Waals surface area (Å²) in [4.78, 5) is 78.6. The fourth-order valence-corrected chi connectivity index (χ4v) is 5.22. The van der Waals surface area contributed by atoms with Crippen LogP contribution in [0, 0.1) is 17.3 Å². The number of barbiturate groups is 2. The number of methoxy groups -OCH3 is 1. The van der Waals surface area contributed by atoms with E-state index >= 15 is 0 Å². The zero-order valence-corrected chi connectivity index (χ0v) is 18.4. The van der Waals surface area contributed by atoms with Crippen molar-refractivity contribution in [3.05, 3.63) is 17.2 Å². The number of imide groups is 4. The van der Waals surface area contributed by atoms with Gasteiger partial charge in [0.15, 0.2) is 11.5 Å². The van der Waals surface area contributed by atoms with Crippen molar-refractivity contribution in [2.75, 3.05) is 28.0 Å². The number of carbonyl (C=O) groups excluding carboxylic acids is 6. The van der Waals surface area contributed by atoms with Crippen LogP contribution in [0.1, 0.15) is 11.1 Å². The molecule has 3 unspecified atom stereocenters. The van der Waals surface area contributed by atoms with Crippen molar-refractivity contribution in [2.45, 2.75) is 12.8 Å². The third-order valence-electron chi connectivity index (χ3n) is 6.98. The predicted octanol–water partition coefficient (Wildman–Crippen LogP) is -0.842. The lowest BCUT2D eigenvalue weighted by molar-refractivity contribution is -0.161. The summed E-state index contributed by atoms with van der Waals surface area (Å²) in [5, 5.41) is 4.27. The van der Waals surface area contributed by atoms with Gasteiger partial charge in [0.05, 0.1) is 7.11 Å². The lowest BCUT2D eigenvalue weighted by Crippen LogP contribution is -2.70. The van der Waals surface area contributed by atoms with Gasteiger partial charge in [0.2, 0.25) is 36.2 Å². The number of urea groups is 2. The van der Waals surface area contributed by atoms with E-state index in [9.17, 15) is 28.8 Å². The average molecular weight is 472 g/mol. The fraction of sp³-hybridized carbons (Fsp3) is 0.429. The molecule has 2 fully saturated rings. The number of fused-ring (bicyclic) bond motifs is 2. The highest BCUT2D eigenvalue weighted by Gasteiger charge is 2.64. The first-order chi connectivity index (χ1) is 16.1. The molecule has 1 aliphatic carbocycles. The summed E-state index contributed by atoms with van der Waals surface area (Å²) in [6.07, 6.45) is -0.362. The van der Waals surface area contributed by atoms with Crippen molar-refractivity contribution in [2.24, 2.45) is 17.3 Å². The minimum absolute atomic E-state index is 0.0593. The topological polar surface area (TPSA) is 161 Å². The van der Waals surface area contributed by atoms with Crippen LogP contribution in [-0.2, 0) is 32.0 Å². The van der Waals surface area contributed by atoms with Crippen LogP contribution in [0.4, 0.5) is 9.59 Å². The number of ether oxygens (including phenoxy) is 3. The van der Waals surface area contributed by atoms with Crippen molar-refractivity contribution in [3.8, 4) is 17.2 Å². The first kappa shape index (κ1) is 21.7. The van der Waals surface area contributed by atoms with E-state index in [0.717, 1.165) is 9.80 Å². The van der Waals surface area contributed by atoms with Gasteiger partial charge in [-0.2, -0.15) is 0 Å². The van der Waals surface area contributed by atoms with Gasteiger partial charge in [0, 0.05) is 32.0 Å². The van der Waals surface area contributed by atoms with E-state index in [1.54, 1.807) is 6.07 Å². The molecule has 13 nitrogen and oxygen atoms in total. The summed E-state index contributed by atoms with van der Waals surface area (Å²) in [5.74, 6) is -5.38. The van der Waals surface area contributed by atoms with Crippen molar-refractivity contribution >= 4 is 35.7 Å². The van der Waals surface area contributed by atoms with Gasteiger partial charge in [-0.3, -0.25) is 39.6 Å². The molecule has 3 heterocycles. The van der Waals surface area contributed by atoms with Crippen molar-refractivity contribution in [1.82, 2.24) is 20.4 Å². The van der Waals surface area contributed by atoms with Crippen molar-refractivity contribution in [1.29, 1.82) is 0 Å². The molecule has 0 saturated carbocycles. The van der Waals surface area contributed by atoms with Gasteiger partial charge in [-0.25, -0.2) is 9.59 Å². The van der Waals surface area contributed by atoms with Gasteiger partial charge in [-0.05, 0) is 18.1 Å². The molecule has 3 aliphatic heterocycles. The Hall–Kier alpha value is -4.16. The summed E-state index contributed by atoms with van der Waals surface area (Å²) in [6, 6.07) is -0.178. The molecule has 0 radical (unpaired) electrons. The number of nitrogens with zero attached hydrogens (tertiary/aromatic N) is 2. The van der Waals surface area contributed by atoms with Crippen molar-refractivity contribution < 1.29 is 43.0 Å². The lowest BCUT2D eigenvalue weighted by atomic mass is 9.57. The maximum Gasteiger partial charge on any atom is 0.330 e. The number of hydrogen-bond acceptors (Lipinski definition) is 9. The molecule has 3 atom stereocenters. The molecule has 1 aromatic rings. The molecule has 0 aromatic heterocycles. The second kappa shape index (κ2) is 7.17. The highest BCUT2D eigenvalue weighted by atomic mass is 16.7. The maximum absolute atomic E-state index is 13.6. The molecule has 0 bridgehead atoms. The summed E-state index contributed by atoms with van der Waals surface area (Å²) in [5.41, 5.74) is -0.963. The highest BCUT2D eigenvalue weighted by Crippen LogP contribution is 2.54. The van der Waals surface area contributed by atoms with Crippen LogP contribution in [0.2, 0.25) is 0 Å². The van der Waals surface area contributed by atoms with Gasteiger partial charge in [0.25, 0.3) is 0 Å². The zero-order valence-electron chi connectivity index (χ0n) is 18.4. The van der Waals surface area contributed by atoms with Crippen molar-refractivity contribution in [3.63, 3.8) is 0 Å². The van der Waals surface area contributed by atoms with Gasteiger partial charge < -0.3 is 14.2 Å². The fourth-order valence-electron chi connectivity index (χ4n) is 5.22. The molecule has 2 saturated heterocycles. The second-order valence-electron chi connectivity index (χ2n) is 8.53. The highest BCUT2D eigenvalue weighted by molar-refractivity contribution is 6.21. The Bertz CT molecular complexity index is 1210. The van der Waals surface area contributed by atoms with Gasteiger partial charge in [0.1, 0.15) is 11.3 Å². The molecule has 1 spiro atoms. The van der Waals surface area contributed by atoms with Crippen LogP contribution in [0.3, 0.4) is 0 Å². The smallest absolute Gasteiger partial charge is 0.330 e. The number of benzene rings is 1. The van der Waals surface area contributed by atoms with E-state index in [1.807, 2.05) is 0 Å². The normalized spacial score (nSPS) is 28.2. The number of amides is 8. The quantitative estimate of drug-likeness (QED) is 0.523. The number of carbonyl (C=O) groups is 6. The van der Waals surface area contributed by atoms with E-state index in [1.165, 1.54) is 21.2 Å². The molecule has 2 N–H and O–H groups in total. The molecular weight excluding hydrogens is 452 g/mol. The minimum Gasteiger partial charge on any atom is -0.492 e. The van der Waals surface area contributed by atoms with E-state index in [0.29, 0.717) is 22.6 Å². The predicted molar refractivity (Wildman–Crippen MR) is 109 cm³/mol. The van der Waals surface area contributed by atoms with E-state index in [2.05, 4.69) is 10.6 Å². The Kier molecular flexibility index (Phi) is 4.57. The van der Waals surface area contributed by atoms with E-state index < -0.39 is 52.9 Å². The third-order valence-corrected chi connectivity index (χ3v) is 6.98. The van der Waals surface area contributed by atoms with Crippen LogP contribution in [-0.4, -0.2) is 73.5 Å². The van der Waals surface area contributed by atoms with Gasteiger partial charge in [-0.15, -0.1) is 0 Å². The Balaban J connectivity index is 1.73. The standard InChI is InChI=1S/C21H20N4O9/c1-24-16(27)12(15(26)22-19(24)30)10-4-8-5-11-14(34-7-33-11)13(32-3)9(8)6-21(10)17(28)23-20(31)25(2)18(21)29/h5,10,12H,4,6-7H2,1-3H3,(H,22,26,30)(H,23,28,31). The summed E-state index contributed by atoms with van der Waals surface area (Å²) < 4.78 is 16.5. The third kappa shape index (κ3) is 2.66. The molecule has 8 amide bonds. The summed E-state index contributed by atoms with van der Waals surface area (Å²) >= 11 is 0. The Morgan fingerprint density at radius 3 is 2.44 bits per heavy atom. The molecule has 4 aliphatic rings. The summed E-state index contributed by atoms with van der Waals surface area (Å²) in [6.45, 7) is -0.0593. The monoisotopic (exact) mass is 472 g/mol. The molecule has 13 heteroatoms. The Morgan fingerprint density at radius 1 is 1.03 bits per heavy atom. The number of rotatable bonds is 2. The summed E-state index contributed by atoms with van der Waals surface area (Å²) in [7, 11) is 3.79. The van der Waals surface area contributed by atoms with Crippen LogP contribution in [0.15, 0.2) is 6.07 Å². The SMILES string of the molecule is COc1c2c(cc3c1OCO3)CC(C1C(=O)NC(=O)N(C)C1=O)C1(C2)C(=O)NC(=O)N(C)C1=O. The first-order valence-corrected chi connectivity index (χ1v) is 10.4. The van der Waals surface area contributed by atoms with Crippen LogP contribution in [0.25, 0.3) is 0 Å². The molecule has 1 aromatic carbocycles. The molecular formula is C21H20N4O9. The van der Waals surface area contributed by atoms with E-state index in [-0.39, 0.29) is 25.4 Å². The first-order valence-electron chi connectivity index (χ1n) is 10.4. The van der Waals surface area contributed by atoms with Crippen LogP contribution < -0.4 is 24.8 Å². The molecule has 34 heavy (non-hydrogen) atoms. The second-order valence-corrected chi connectivity index (χ2v) is 8.53. The minimum atomic E-state index is -2.00. The zero-order chi connectivity index (χ0) is 24.5. The molecule has 5 rings (SSSR count). The Labute approximate surface area is 192 Å².